The molecule has 0 radical (unpaired) electrons. The molecule has 0 amide bonds. The molecule has 156 valence electrons. The van der Waals surface area contributed by atoms with Crippen LogP contribution in [0.2, 0.25) is 0 Å². The van der Waals surface area contributed by atoms with E-state index in [9.17, 15) is 4.57 Å². The van der Waals surface area contributed by atoms with Crippen LogP contribution in [0.15, 0.2) is 24.3 Å². The molecule has 1 aromatic carbocycles. The van der Waals surface area contributed by atoms with Crippen molar-refractivity contribution in [3.05, 3.63) is 29.8 Å². The van der Waals surface area contributed by atoms with Crippen molar-refractivity contribution in [1.29, 1.82) is 0 Å². The highest BCUT2D eigenvalue weighted by molar-refractivity contribution is 7.48. The van der Waals surface area contributed by atoms with Gasteiger partial charge in [0, 0.05) is 7.11 Å². The minimum absolute atomic E-state index is 0.0953. The summed E-state index contributed by atoms with van der Waals surface area (Å²) >= 11 is 0. The molecule has 0 heterocycles. The lowest BCUT2D eigenvalue weighted by Crippen LogP contribution is -2.04. The summed E-state index contributed by atoms with van der Waals surface area (Å²) < 4.78 is 27.3. The van der Waals surface area contributed by atoms with Crippen molar-refractivity contribution in [2.45, 2.75) is 77.6 Å². The van der Waals surface area contributed by atoms with Crippen molar-refractivity contribution in [3.8, 4) is 5.75 Å². The third-order valence-electron chi connectivity index (χ3n) is 4.52. The predicted octanol–water partition coefficient (Wildman–Crippen LogP) is 6.29. The van der Waals surface area contributed by atoms with Gasteiger partial charge in [-0.25, -0.2) is 4.57 Å². The number of aliphatic hydroxyl groups is 1. The standard InChI is InChI=1S/C21H37O5P/c1-3-4-5-6-7-8-9-10-11-12-13-20-14-16-21(17-15-20)26-27(23,24-2)25-19-18-22/h14-17,22H,3-13,18-19H2,1-2H3. The Morgan fingerprint density at radius 1 is 0.889 bits per heavy atom. The van der Waals surface area contributed by atoms with Gasteiger partial charge in [0.05, 0.1) is 13.2 Å². The van der Waals surface area contributed by atoms with Gasteiger partial charge in [0.1, 0.15) is 5.75 Å². The summed E-state index contributed by atoms with van der Waals surface area (Å²) in [5.74, 6) is 0.435. The number of hydrogen-bond acceptors (Lipinski definition) is 5. The van der Waals surface area contributed by atoms with E-state index < -0.39 is 7.82 Å². The Morgan fingerprint density at radius 2 is 1.44 bits per heavy atom. The van der Waals surface area contributed by atoms with Gasteiger partial charge in [-0.15, -0.1) is 0 Å². The Hall–Kier alpha value is -0.870. The third-order valence-corrected chi connectivity index (χ3v) is 5.90. The highest BCUT2D eigenvalue weighted by Crippen LogP contribution is 2.48. The molecule has 0 aliphatic heterocycles. The summed E-state index contributed by atoms with van der Waals surface area (Å²) in [7, 11) is -2.40. The molecule has 1 unspecified atom stereocenters. The zero-order valence-corrected chi connectivity index (χ0v) is 17.9. The summed E-state index contributed by atoms with van der Waals surface area (Å²) in [6, 6.07) is 7.52. The van der Waals surface area contributed by atoms with Crippen LogP contribution in [0.4, 0.5) is 0 Å². The van der Waals surface area contributed by atoms with E-state index in [1.54, 1.807) is 12.1 Å². The van der Waals surface area contributed by atoms with Gasteiger partial charge in [0.25, 0.3) is 0 Å². The minimum Gasteiger partial charge on any atom is -0.404 e. The molecule has 1 aromatic rings. The van der Waals surface area contributed by atoms with Gasteiger partial charge in [0.15, 0.2) is 0 Å². The number of benzene rings is 1. The topological polar surface area (TPSA) is 65.0 Å². The average molecular weight is 400 g/mol. The highest BCUT2D eigenvalue weighted by atomic mass is 31.2. The molecule has 0 aromatic heterocycles. The van der Waals surface area contributed by atoms with E-state index in [0.717, 1.165) is 6.42 Å². The molecule has 0 aliphatic carbocycles. The number of rotatable bonds is 17. The van der Waals surface area contributed by atoms with Gasteiger partial charge in [0.2, 0.25) is 0 Å². The largest absolute Gasteiger partial charge is 0.529 e. The fraction of sp³-hybridized carbons (Fsp3) is 0.714. The first-order valence-corrected chi connectivity index (χ1v) is 11.8. The van der Waals surface area contributed by atoms with E-state index in [4.69, 9.17) is 18.7 Å². The first kappa shape index (κ1) is 24.2. The predicted molar refractivity (Wildman–Crippen MR) is 110 cm³/mol. The first-order chi connectivity index (χ1) is 13.1. The van der Waals surface area contributed by atoms with Crippen LogP contribution in [0.5, 0.6) is 5.75 Å². The molecule has 0 saturated carbocycles. The molecule has 0 fully saturated rings. The Kier molecular flexibility index (Phi) is 13.5. The van der Waals surface area contributed by atoms with Gasteiger partial charge >= 0.3 is 7.82 Å². The lowest BCUT2D eigenvalue weighted by Gasteiger charge is -2.16. The molecule has 0 bridgehead atoms. The maximum atomic E-state index is 12.2. The first-order valence-electron chi connectivity index (χ1n) is 10.3. The van der Waals surface area contributed by atoms with Crippen molar-refractivity contribution in [1.82, 2.24) is 0 Å². The van der Waals surface area contributed by atoms with Gasteiger partial charge in [-0.3, -0.25) is 9.05 Å². The van der Waals surface area contributed by atoms with Crippen LogP contribution in [0.1, 0.15) is 76.7 Å². The van der Waals surface area contributed by atoms with Crippen LogP contribution in [0.3, 0.4) is 0 Å². The summed E-state index contributed by atoms with van der Waals surface area (Å²) in [5.41, 5.74) is 1.24. The van der Waals surface area contributed by atoms with Crippen LogP contribution in [-0.4, -0.2) is 25.4 Å². The Bertz CT molecular complexity index is 518. The molecule has 27 heavy (non-hydrogen) atoms. The number of phosphoric ester groups is 1. The van der Waals surface area contributed by atoms with E-state index in [1.165, 1.54) is 76.9 Å². The molecule has 1 N–H and O–H groups in total. The quantitative estimate of drug-likeness (QED) is 0.246. The molecule has 1 atom stereocenters. The zero-order chi connectivity index (χ0) is 19.8. The lowest BCUT2D eigenvalue weighted by atomic mass is 10.0. The maximum Gasteiger partial charge on any atom is 0.529 e. The van der Waals surface area contributed by atoms with Crippen molar-refractivity contribution in [2.75, 3.05) is 20.3 Å². The Morgan fingerprint density at radius 3 is 1.96 bits per heavy atom. The van der Waals surface area contributed by atoms with E-state index >= 15 is 0 Å². The van der Waals surface area contributed by atoms with Gasteiger partial charge in [-0.05, 0) is 30.5 Å². The van der Waals surface area contributed by atoms with Crippen LogP contribution in [-0.2, 0) is 20.0 Å². The monoisotopic (exact) mass is 400 g/mol. The minimum atomic E-state index is -3.66. The number of aryl methyl sites for hydroxylation is 1. The molecule has 6 heteroatoms. The summed E-state index contributed by atoms with van der Waals surface area (Å²) in [6.45, 7) is 1.92. The second-order valence-electron chi connectivity index (χ2n) is 6.85. The van der Waals surface area contributed by atoms with E-state index in [0.29, 0.717) is 5.75 Å². The SMILES string of the molecule is CCCCCCCCCCCCc1ccc(OP(=O)(OC)OCCO)cc1. The van der Waals surface area contributed by atoms with E-state index in [-0.39, 0.29) is 13.2 Å². The van der Waals surface area contributed by atoms with Crippen molar-refractivity contribution >= 4 is 7.82 Å². The normalized spacial score (nSPS) is 13.4. The average Bonchev–Trinajstić information content (AvgIpc) is 2.69. The molecule has 1 rings (SSSR count). The summed E-state index contributed by atoms with van der Waals surface area (Å²) in [4.78, 5) is 0. The fourth-order valence-electron chi connectivity index (χ4n) is 2.93. The van der Waals surface area contributed by atoms with Crippen LogP contribution >= 0.6 is 7.82 Å². The van der Waals surface area contributed by atoms with Crippen LogP contribution in [0, 0.1) is 0 Å². The maximum absolute atomic E-state index is 12.2. The van der Waals surface area contributed by atoms with Crippen molar-refractivity contribution < 1.29 is 23.2 Å². The fourth-order valence-corrected chi connectivity index (χ4v) is 3.85. The lowest BCUT2D eigenvalue weighted by molar-refractivity contribution is 0.142. The third kappa shape index (κ3) is 11.5. The second kappa shape index (κ2) is 15.1. The summed E-state index contributed by atoms with van der Waals surface area (Å²) in [5, 5.41) is 8.76. The molecular formula is C21H37O5P. The van der Waals surface area contributed by atoms with Crippen molar-refractivity contribution in [3.63, 3.8) is 0 Å². The number of hydrogen-bond donors (Lipinski definition) is 1. The van der Waals surface area contributed by atoms with Gasteiger partial charge in [-0.2, -0.15) is 0 Å². The van der Waals surface area contributed by atoms with E-state index in [2.05, 4.69) is 6.92 Å². The molecule has 0 aliphatic rings. The van der Waals surface area contributed by atoms with Gasteiger partial charge < -0.3 is 9.63 Å². The van der Waals surface area contributed by atoms with Crippen molar-refractivity contribution in [2.24, 2.45) is 0 Å². The number of phosphoric acid groups is 1. The Balaban J connectivity index is 2.18. The molecule has 0 saturated heterocycles. The van der Waals surface area contributed by atoms with Gasteiger partial charge in [-0.1, -0.05) is 76.8 Å². The molecule has 0 spiro atoms. The van der Waals surface area contributed by atoms with E-state index in [1.807, 2.05) is 12.1 Å². The zero-order valence-electron chi connectivity index (χ0n) is 17.0. The molecule has 5 nitrogen and oxygen atoms in total. The highest BCUT2D eigenvalue weighted by Gasteiger charge is 2.26. The van der Waals surface area contributed by atoms with Crippen LogP contribution in [0.25, 0.3) is 0 Å². The smallest absolute Gasteiger partial charge is 0.404 e. The summed E-state index contributed by atoms with van der Waals surface area (Å²) in [6.07, 6.45) is 14.4. The molecular weight excluding hydrogens is 363 g/mol. The Labute approximate surface area is 165 Å². The van der Waals surface area contributed by atoms with Crippen LogP contribution < -0.4 is 4.52 Å². The second-order valence-corrected chi connectivity index (χ2v) is 8.55. The number of aliphatic hydroxyl groups excluding tert-OH is 1. The number of unbranched alkanes of at least 4 members (excludes halogenated alkanes) is 9.